The highest BCUT2D eigenvalue weighted by Crippen LogP contribution is 2.16. The van der Waals surface area contributed by atoms with Gasteiger partial charge in [0.25, 0.3) is 0 Å². The van der Waals surface area contributed by atoms with Crippen molar-refractivity contribution in [3.63, 3.8) is 0 Å². The zero-order chi connectivity index (χ0) is 10.9. The van der Waals surface area contributed by atoms with Crippen LogP contribution in [0.25, 0.3) is 0 Å². The maximum atomic E-state index is 10.5. The summed E-state index contributed by atoms with van der Waals surface area (Å²) in [6, 6.07) is 0.837. The highest BCUT2D eigenvalue weighted by molar-refractivity contribution is 5.78. The summed E-state index contributed by atoms with van der Waals surface area (Å²) in [6.45, 7) is 0. The van der Waals surface area contributed by atoms with E-state index in [-0.39, 0.29) is 0 Å². The number of Topliss-reactive ketones (excluding diaryl/α,β-unsaturated/α-hetero) is 1. The van der Waals surface area contributed by atoms with Gasteiger partial charge in [-0.1, -0.05) is 25.7 Å². The third-order valence-electron chi connectivity index (χ3n) is 3.42. The number of carbonyl (C=O) groups excluding carboxylic acids is 1. The first-order valence-electron chi connectivity index (χ1n) is 6.52. The van der Waals surface area contributed by atoms with Gasteiger partial charge in [-0.3, -0.25) is 4.79 Å². The Bertz CT molecular complexity index is 165. The van der Waals surface area contributed by atoms with Crippen LogP contribution >= 0.6 is 0 Å². The highest BCUT2D eigenvalue weighted by atomic mass is 16.1. The normalized spacial score (nSPS) is 23.1. The molecule has 0 bridgehead atoms. The molecule has 0 amide bonds. The monoisotopic (exact) mass is 211 g/mol. The molecule has 0 saturated heterocycles. The van der Waals surface area contributed by atoms with E-state index < -0.39 is 0 Å². The number of ketones is 1. The molecule has 0 radical (unpaired) electrons. The summed E-state index contributed by atoms with van der Waals surface area (Å²) in [6.07, 6.45) is 12.4. The summed E-state index contributed by atoms with van der Waals surface area (Å²) in [7, 11) is 2.07. The highest BCUT2D eigenvalue weighted by Gasteiger charge is 2.09. The Morgan fingerprint density at radius 1 is 0.933 bits per heavy atom. The first-order chi connectivity index (χ1) is 7.33. The van der Waals surface area contributed by atoms with Gasteiger partial charge in [0.05, 0.1) is 0 Å². The molecule has 2 saturated carbocycles. The molecule has 2 nitrogen and oxygen atoms in total. The van der Waals surface area contributed by atoms with Crippen LogP contribution in [-0.4, -0.2) is 18.9 Å². The molecule has 88 valence electrons. The Balaban J connectivity index is 0.000000151. The Morgan fingerprint density at radius 2 is 1.47 bits per heavy atom. The van der Waals surface area contributed by atoms with Gasteiger partial charge < -0.3 is 5.32 Å². The summed E-state index contributed by atoms with van der Waals surface area (Å²) < 4.78 is 0. The van der Waals surface area contributed by atoms with Crippen LogP contribution in [-0.2, 0) is 4.79 Å². The molecule has 0 atom stereocenters. The minimum atomic E-state index is 0.464. The molecule has 2 aliphatic rings. The minimum absolute atomic E-state index is 0.464. The van der Waals surface area contributed by atoms with Crippen molar-refractivity contribution in [2.24, 2.45) is 0 Å². The molecule has 0 unspecified atom stereocenters. The lowest BCUT2D eigenvalue weighted by atomic mass is 9.96. The molecule has 2 aliphatic carbocycles. The molecule has 0 aromatic rings. The third kappa shape index (κ3) is 5.93. The van der Waals surface area contributed by atoms with Crippen LogP contribution in [0.2, 0.25) is 0 Å². The fraction of sp³-hybridized carbons (Fsp3) is 0.923. The van der Waals surface area contributed by atoms with Crippen LogP contribution in [0, 0.1) is 0 Å². The van der Waals surface area contributed by atoms with E-state index in [9.17, 15) is 4.79 Å². The molecule has 0 aromatic carbocycles. The van der Waals surface area contributed by atoms with Crippen LogP contribution in [0.5, 0.6) is 0 Å². The molecule has 2 rings (SSSR count). The minimum Gasteiger partial charge on any atom is -0.317 e. The predicted molar refractivity (Wildman–Crippen MR) is 64.0 cm³/mol. The van der Waals surface area contributed by atoms with Crippen LogP contribution in [0.3, 0.4) is 0 Å². The van der Waals surface area contributed by atoms with Crippen LogP contribution in [0.4, 0.5) is 0 Å². The smallest absolute Gasteiger partial charge is 0.132 e. The number of rotatable bonds is 1. The number of carbonyl (C=O) groups is 1. The second kappa shape index (κ2) is 7.86. The summed E-state index contributed by atoms with van der Waals surface area (Å²) >= 11 is 0. The zero-order valence-corrected chi connectivity index (χ0v) is 10.1. The fourth-order valence-corrected chi connectivity index (χ4v) is 2.34. The Labute approximate surface area is 93.8 Å². The molecule has 2 fully saturated rings. The van der Waals surface area contributed by atoms with Crippen molar-refractivity contribution in [3.05, 3.63) is 0 Å². The van der Waals surface area contributed by atoms with Crippen molar-refractivity contribution in [2.75, 3.05) is 7.05 Å². The number of hydrogen-bond acceptors (Lipinski definition) is 2. The second-order valence-corrected chi connectivity index (χ2v) is 4.72. The van der Waals surface area contributed by atoms with E-state index in [1.165, 1.54) is 38.5 Å². The maximum absolute atomic E-state index is 10.5. The molecule has 0 spiro atoms. The van der Waals surface area contributed by atoms with Crippen molar-refractivity contribution in [3.8, 4) is 0 Å². The SMILES string of the molecule is CNC1CCCCC1.O=C1CCCCC1. The number of nitrogens with one attached hydrogen (secondary N) is 1. The van der Waals surface area contributed by atoms with Crippen molar-refractivity contribution in [2.45, 2.75) is 70.3 Å². The van der Waals surface area contributed by atoms with Gasteiger partial charge in [-0.25, -0.2) is 0 Å². The van der Waals surface area contributed by atoms with Crippen molar-refractivity contribution in [1.82, 2.24) is 5.32 Å². The van der Waals surface area contributed by atoms with Crippen LogP contribution < -0.4 is 5.32 Å². The van der Waals surface area contributed by atoms with Gasteiger partial charge in [-0.15, -0.1) is 0 Å². The maximum Gasteiger partial charge on any atom is 0.132 e. The van der Waals surface area contributed by atoms with Gasteiger partial charge in [0, 0.05) is 18.9 Å². The van der Waals surface area contributed by atoms with E-state index in [2.05, 4.69) is 12.4 Å². The number of hydrogen-bond donors (Lipinski definition) is 1. The first-order valence-corrected chi connectivity index (χ1v) is 6.52. The summed E-state index contributed by atoms with van der Waals surface area (Å²) in [5.41, 5.74) is 0. The quantitative estimate of drug-likeness (QED) is 0.722. The van der Waals surface area contributed by atoms with Crippen LogP contribution in [0.15, 0.2) is 0 Å². The third-order valence-corrected chi connectivity index (χ3v) is 3.42. The van der Waals surface area contributed by atoms with Gasteiger partial charge in [-0.2, -0.15) is 0 Å². The summed E-state index contributed by atoms with van der Waals surface area (Å²) in [4.78, 5) is 10.5. The molecular weight excluding hydrogens is 186 g/mol. The van der Waals surface area contributed by atoms with E-state index in [4.69, 9.17) is 0 Å². The molecule has 0 heterocycles. The molecular formula is C13H25NO. The van der Waals surface area contributed by atoms with Gasteiger partial charge >= 0.3 is 0 Å². The Morgan fingerprint density at radius 3 is 1.80 bits per heavy atom. The topological polar surface area (TPSA) is 29.1 Å². The van der Waals surface area contributed by atoms with Crippen molar-refractivity contribution >= 4 is 5.78 Å². The molecule has 15 heavy (non-hydrogen) atoms. The van der Waals surface area contributed by atoms with Gasteiger partial charge in [0.15, 0.2) is 0 Å². The molecule has 1 N–H and O–H groups in total. The first kappa shape index (κ1) is 12.7. The summed E-state index contributed by atoms with van der Waals surface area (Å²) in [5.74, 6) is 0.464. The average molecular weight is 211 g/mol. The molecule has 2 heteroatoms. The predicted octanol–water partition coefficient (Wildman–Crippen LogP) is 3.06. The van der Waals surface area contributed by atoms with Crippen molar-refractivity contribution < 1.29 is 4.79 Å². The van der Waals surface area contributed by atoms with Crippen LogP contribution in [0.1, 0.15) is 64.2 Å². The van der Waals surface area contributed by atoms with Gasteiger partial charge in [-0.05, 0) is 32.7 Å². The van der Waals surface area contributed by atoms with E-state index in [1.54, 1.807) is 0 Å². The Hall–Kier alpha value is -0.370. The second-order valence-electron chi connectivity index (χ2n) is 4.72. The fourth-order valence-electron chi connectivity index (χ4n) is 2.34. The lowest BCUT2D eigenvalue weighted by Crippen LogP contribution is -2.26. The van der Waals surface area contributed by atoms with Gasteiger partial charge in [0.2, 0.25) is 0 Å². The molecule has 0 aliphatic heterocycles. The van der Waals surface area contributed by atoms with E-state index in [1.807, 2.05) is 0 Å². The lowest BCUT2D eigenvalue weighted by molar-refractivity contribution is -0.120. The van der Waals surface area contributed by atoms with E-state index in [0.717, 1.165) is 31.7 Å². The lowest BCUT2D eigenvalue weighted by Gasteiger charge is -2.20. The van der Waals surface area contributed by atoms with E-state index in [0.29, 0.717) is 5.78 Å². The largest absolute Gasteiger partial charge is 0.317 e. The van der Waals surface area contributed by atoms with E-state index >= 15 is 0 Å². The summed E-state index contributed by atoms with van der Waals surface area (Å²) in [5, 5.41) is 3.30. The average Bonchev–Trinajstić information content (AvgIpc) is 2.32. The standard InChI is InChI=1S/C7H15N.C6H10O/c1-8-7-5-3-2-4-6-7;7-6-4-2-1-3-5-6/h7-8H,2-6H2,1H3;1-5H2. The zero-order valence-electron chi connectivity index (χ0n) is 10.1. The van der Waals surface area contributed by atoms with Crippen molar-refractivity contribution in [1.29, 1.82) is 0 Å². The molecule has 0 aromatic heterocycles. The Kier molecular flexibility index (Phi) is 6.66. The van der Waals surface area contributed by atoms with Gasteiger partial charge in [0.1, 0.15) is 5.78 Å².